The first kappa shape index (κ1) is 23.4. The van der Waals surface area contributed by atoms with Crippen LogP contribution in [0.1, 0.15) is 17.0 Å². The third kappa shape index (κ3) is 5.43. The molecule has 2 N–H and O–H groups in total. The number of amides is 2. The van der Waals surface area contributed by atoms with Gasteiger partial charge in [-0.2, -0.15) is 0 Å². The fourth-order valence-corrected chi connectivity index (χ4v) is 4.28. The second-order valence-electron chi connectivity index (χ2n) is 8.29. The van der Waals surface area contributed by atoms with Crippen molar-refractivity contribution in [3.05, 3.63) is 102 Å². The number of carbonyl (C=O) groups excluding carboxylic acids is 2. The highest BCUT2D eigenvalue weighted by molar-refractivity contribution is 5.92. The van der Waals surface area contributed by atoms with Crippen LogP contribution < -0.4 is 10.2 Å². The van der Waals surface area contributed by atoms with Crippen molar-refractivity contribution in [1.29, 1.82) is 0 Å². The molecule has 0 aromatic heterocycles. The number of hydrogen-bond acceptors (Lipinski definition) is 4. The predicted octanol–water partition coefficient (Wildman–Crippen LogP) is 2.78. The number of piperazine rings is 1. The molecule has 34 heavy (non-hydrogen) atoms. The van der Waals surface area contributed by atoms with Crippen molar-refractivity contribution in [2.45, 2.75) is 12.0 Å². The van der Waals surface area contributed by atoms with E-state index < -0.39 is 18.6 Å². The summed E-state index contributed by atoms with van der Waals surface area (Å²) in [6, 6.07) is 24.0. The highest BCUT2D eigenvalue weighted by atomic mass is 19.1. The van der Waals surface area contributed by atoms with E-state index in [-0.39, 0.29) is 17.6 Å². The number of aliphatic hydroxyl groups excluding tert-OH is 1. The molecular weight excluding hydrogens is 433 g/mol. The largest absolute Gasteiger partial charge is 0.394 e. The van der Waals surface area contributed by atoms with E-state index in [4.69, 9.17) is 0 Å². The SMILES string of the molecule is O=C(NC(CO)C(=O)N1CCN(c2ccc(F)cc2)CC1)C(c1ccccc1)c1ccccc1. The van der Waals surface area contributed by atoms with Crippen LogP contribution in [0.25, 0.3) is 0 Å². The van der Waals surface area contributed by atoms with E-state index in [1.165, 1.54) is 12.1 Å². The molecule has 1 aliphatic rings. The molecule has 3 aromatic carbocycles. The minimum Gasteiger partial charge on any atom is -0.394 e. The molecule has 4 rings (SSSR count). The number of carbonyl (C=O) groups is 2. The maximum atomic E-state index is 13.3. The molecule has 2 amide bonds. The van der Waals surface area contributed by atoms with Gasteiger partial charge in [0.05, 0.1) is 12.5 Å². The second kappa shape index (κ2) is 10.9. The smallest absolute Gasteiger partial charge is 0.247 e. The number of hydrogen-bond donors (Lipinski definition) is 2. The molecule has 0 bridgehead atoms. The Hall–Kier alpha value is -3.71. The molecule has 0 saturated carbocycles. The van der Waals surface area contributed by atoms with Crippen LogP contribution >= 0.6 is 0 Å². The average molecular weight is 462 g/mol. The first-order valence-electron chi connectivity index (χ1n) is 11.4. The molecule has 3 aromatic rings. The standard InChI is InChI=1S/C27H28FN3O3/c28-22-11-13-23(14-12-22)30-15-17-31(18-16-30)27(34)24(19-32)29-26(33)25(20-7-3-1-4-8-20)21-9-5-2-6-10-21/h1-14,24-25,32H,15-19H2,(H,29,33). The Morgan fingerprint density at radius 3 is 1.85 bits per heavy atom. The fourth-order valence-electron chi connectivity index (χ4n) is 4.28. The maximum absolute atomic E-state index is 13.3. The van der Waals surface area contributed by atoms with Crippen LogP contribution in [0.3, 0.4) is 0 Å². The lowest BCUT2D eigenvalue weighted by molar-refractivity contribution is -0.138. The van der Waals surface area contributed by atoms with Gasteiger partial charge in [-0.15, -0.1) is 0 Å². The van der Waals surface area contributed by atoms with E-state index in [2.05, 4.69) is 10.2 Å². The van der Waals surface area contributed by atoms with Crippen LogP contribution in [0, 0.1) is 5.82 Å². The minimum absolute atomic E-state index is 0.289. The quantitative estimate of drug-likeness (QED) is 0.568. The summed E-state index contributed by atoms with van der Waals surface area (Å²) in [6.45, 7) is 1.58. The molecule has 1 heterocycles. The lowest BCUT2D eigenvalue weighted by Gasteiger charge is -2.37. The third-order valence-electron chi connectivity index (χ3n) is 6.11. The van der Waals surface area contributed by atoms with Crippen molar-refractivity contribution in [2.24, 2.45) is 0 Å². The summed E-state index contributed by atoms with van der Waals surface area (Å²) in [4.78, 5) is 30.2. The van der Waals surface area contributed by atoms with Crippen molar-refractivity contribution in [3.63, 3.8) is 0 Å². The summed E-state index contributed by atoms with van der Waals surface area (Å²) >= 11 is 0. The average Bonchev–Trinajstić information content (AvgIpc) is 2.89. The van der Waals surface area contributed by atoms with Gasteiger partial charge in [0.15, 0.2) is 0 Å². The zero-order chi connectivity index (χ0) is 23.9. The van der Waals surface area contributed by atoms with Crippen LogP contribution in [0.4, 0.5) is 10.1 Å². The summed E-state index contributed by atoms with van der Waals surface area (Å²) in [7, 11) is 0. The van der Waals surface area contributed by atoms with Gasteiger partial charge in [-0.3, -0.25) is 9.59 Å². The van der Waals surface area contributed by atoms with Crippen molar-refractivity contribution in [1.82, 2.24) is 10.2 Å². The number of rotatable bonds is 7. The van der Waals surface area contributed by atoms with E-state index in [0.29, 0.717) is 26.2 Å². The zero-order valence-electron chi connectivity index (χ0n) is 18.8. The van der Waals surface area contributed by atoms with Crippen LogP contribution in [-0.2, 0) is 9.59 Å². The summed E-state index contributed by atoms with van der Waals surface area (Å²) in [5.74, 6) is -1.53. The monoisotopic (exact) mass is 461 g/mol. The highest BCUT2D eigenvalue weighted by Crippen LogP contribution is 2.25. The number of anilines is 1. The van der Waals surface area contributed by atoms with Gasteiger partial charge in [0.2, 0.25) is 11.8 Å². The Morgan fingerprint density at radius 1 is 0.824 bits per heavy atom. The summed E-state index contributed by atoms with van der Waals surface area (Å²) in [5.41, 5.74) is 2.51. The lowest BCUT2D eigenvalue weighted by Crippen LogP contribution is -2.56. The Kier molecular flexibility index (Phi) is 7.54. The van der Waals surface area contributed by atoms with Gasteiger partial charge in [0, 0.05) is 31.9 Å². The van der Waals surface area contributed by atoms with Gasteiger partial charge in [-0.1, -0.05) is 60.7 Å². The predicted molar refractivity (Wildman–Crippen MR) is 129 cm³/mol. The summed E-state index contributed by atoms with van der Waals surface area (Å²) < 4.78 is 13.2. The molecule has 1 saturated heterocycles. The molecule has 7 heteroatoms. The van der Waals surface area contributed by atoms with Gasteiger partial charge in [-0.25, -0.2) is 4.39 Å². The van der Waals surface area contributed by atoms with Crippen LogP contribution in [0.2, 0.25) is 0 Å². The number of halogens is 1. The van der Waals surface area contributed by atoms with Gasteiger partial charge in [0.1, 0.15) is 11.9 Å². The van der Waals surface area contributed by atoms with E-state index in [9.17, 15) is 19.1 Å². The highest BCUT2D eigenvalue weighted by Gasteiger charge is 2.31. The van der Waals surface area contributed by atoms with Crippen molar-refractivity contribution < 1.29 is 19.1 Å². The van der Waals surface area contributed by atoms with E-state index in [0.717, 1.165) is 16.8 Å². The normalized spacial score (nSPS) is 14.7. The number of aliphatic hydroxyl groups is 1. The molecule has 6 nitrogen and oxygen atoms in total. The van der Waals surface area contributed by atoms with Crippen LogP contribution in [-0.4, -0.2) is 60.6 Å². The van der Waals surface area contributed by atoms with Crippen LogP contribution in [0.15, 0.2) is 84.9 Å². The van der Waals surface area contributed by atoms with Crippen molar-refractivity contribution in [3.8, 4) is 0 Å². The minimum atomic E-state index is -1.03. The molecule has 0 radical (unpaired) electrons. The van der Waals surface area contributed by atoms with Crippen LogP contribution in [0.5, 0.6) is 0 Å². The number of benzene rings is 3. The van der Waals surface area contributed by atoms with Crippen molar-refractivity contribution in [2.75, 3.05) is 37.7 Å². The Labute approximate surface area is 198 Å². The Balaban J connectivity index is 1.43. The first-order chi connectivity index (χ1) is 16.6. The van der Waals surface area contributed by atoms with Gasteiger partial charge in [-0.05, 0) is 35.4 Å². The summed E-state index contributed by atoms with van der Waals surface area (Å²) in [5, 5.41) is 12.7. The molecule has 1 unspecified atom stereocenters. The third-order valence-corrected chi connectivity index (χ3v) is 6.11. The molecule has 0 spiro atoms. The summed E-state index contributed by atoms with van der Waals surface area (Å²) in [6.07, 6.45) is 0. The van der Waals surface area contributed by atoms with Gasteiger partial charge in [0.25, 0.3) is 0 Å². The zero-order valence-corrected chi connectivity index (χ0v) is 18.8. The van der Waals surface area contributed by atoms with E-state index in [1.807, 2.05) is 60.7 Å². The molecule has 1 fully saturated rings. The topological polar surface area (TPSA) is 72.9 Å². The molecule has 1 atom stereocenters. The fraction of sp³-hybridized carbons (Fsp3) is 0.259. The molecule has 0 aliphatic carbocycles. The Bertz CT molecular complexity index is 1050. The lowest BCUT2D eigenvalue weighted by atomic mass is 9.90. The molecule has 1 aliphatic heterocycles. The number of nitrogens with zero attached hydrogens (tertiary/aromatic N) is 2. The van der Waals surface area contributed by atoms with E-state index in [1.54, 1.807) is 17.0 Å². The van der Waals surface area contributed by atoms with Gasteiger partial charge >= 0.3 is 0 Å². The molecular formula is C27H28FN3O3. The second-order valence-corrected chi connectivity index (χ2v) is 8.29. The van der Waals surface area contributed by atoms with E-state index >= 15 is 0 Å². The Morgan fingerprint density at radius 2 is 1.35 bits per heavy atom. The first-order valence-corrected chi connectivity index (χ1v) is 11.4. The van der Waals surface area contributed by atoms with Crippen molar-refractivity contribution >= 4 is 17.5 Å². The number of nitrogens with one attached hydrogen (secondary N) is 1. The maximum Gasteiger partial charge on any atom is 0.247 e. The van der Waals surface area contributed by atoms with Gasteiger partial charge < -0.3 is 20.2 Å². The molecule has 176 valence electrons.